The predicted octanol–water partition coefficient (Wildman–Crippen LogP) is 3.84. The minimum absolute atomic E-state index is 0.465. The molecule has 1 heterocycles. The molecule has 0 amide bonds. The highest BCUT2D eigenvalue weighted by molar-refractivity contribution is 5.29. The molecule has 1 aliphatic carbocycles. The third-order valence-electron chi connectivity index (χ3n) is 4.56. The first-order valence-electron chi connectivity index (χ1n) is 8.08. The molecular formula is C18H24N2O. The van der Waals surface area contributed by atoms with Gasteiger partial charge in [-0.25, -0.2) is 0 Å². The summed E-state index contributed by atoms with van der Waals surface area (Å²) in [6.07, 6.45) is 8.25. The summed E-state index contributed by atoms with van der Waals surface area (Å²) in [5.74, 6) is 0. The summed E-state index contributed by atoms with van der Waals surface area (Å²) in [7, 11) is 0. The predicted molar refractivity (Wildman–Crippen MR) is 84.2 cm³/mol. The summed E-state index contributed by atoms with van der Waals surface area (Å²) in [5.41, 5.74) is 3.25. The van der Waals surface area contributed by atoms with Gasteiger partial charge in [0, 0.05) is 12.6 Å². The van der Waals surface area contributed by atoms with Gasteiger partial charge < -0.3 is 5.11 Å². The molecule has 1 aromatic heterocycles. The van der Waals surface area contributed by atoms with Gasteiger partial charge >= 0.3 is 0 Å². The molecule has 1 saturated carbocycles. The standard InChI is InChI=1S/C18H24N2O/c1-2-14-7-3-6-10-17(14)18(21)13-15-11-12-20(19-15)16-8-4-5-9-16/h3,6-7,10-12,16,18,21H,2,4-5,8-9,13H2,1H3. The summed E-state index contributed by atoms with van der Waals surface area (Å²) >= 11 is 0. The molecule has 1 fully saturated rings. The molecule has 1 aliphatic rings. The van der Waals surface area contributed by atoms with E-state index in [-0.39, 0.29) is 0 Å². The Hall–Kier alpha value is -1.61. The first-order chi connectivity index (χ1) is 10.3. The minimum Gasteiger partial charge on any atom is -0.388 e. The van der Waals surface area contributed by atoms with E-state index in [1.165, 1.54) is 31.2 Å². The molecule has 3 nitrogen and oxygen atoms in total. The van der Waals surface area contributed by atoms with Crippen LogP contribution in [0.1, 0.15) is 61.6 Å². The molecule has 3 heteroatoms. The van der Waals surface area contributed by atoms with Crippen molar-refractivity contribution in [3.05, 3.63) is 53.3 Å². The molecule has 1 atom stereocenters. The van der Waals surface area contributed by atoms with Crippen LogP contribution in [0.15, 0.2) is 36.5 Å². The fourth-order valence-electron chi connectivity index (χ4n) is 3.35. The monoisotopic (exact) mass is 284 g/mol. The molecule has 112 valence electrons. The van der Waals surface area contributed by atoms with E-state index in [9.17, 15) is 5.11 Å². The summed E-state index contributed by atoms with van der Waals surface area (Å²) in [6, 6.07) is 10.8. The zero-order valence-corrected chi connectivity index (χ0v) is 12.7. The molecule has 0 spiro atoms. The number of benzene rings is 1. The second kappa shape index (κ2) is 6.44. The topological polar surface area (TPSA) is 38.0 Å². The maximum Gasteiger partial charge on any atom is 0.0848 e. The SMILES string of the molecule is CCc1ccccc1C(O)Cc1ccn(C2CCCC2)n1. The normalized spacial score (nSPS) is 17.2. The molecule has 0 aliphatic heterocycles. The highest BCUT2D eigenvalue weighted by Gasteiger charge is 2.19. The Morgan fingerprint density at radius 2 is 2.00 bits per heavy atom. The average Bonchev–Trinajstić information content (AvgIpc) is 3.17. The molecule has 2 aromatic rings. The third-order valence-corrected chi connectivity index (χ3v) is 4.56. The zero-order chi connectivity index (χ0) is 14.7. The highest BCUT2D eigenvalue weighted by Crippen LogP contribution is 2.29. The lowest BCUT2D eigenvalue weighted by molar-refractivity contribution is 0.175. The molecule has 0 bridgehead atoms. The fraction of sp³-hybridized carbons (Fsp3) is 0.500. The van der Waals surface area contributed by atoms with Crippen LogP contribution in [0.5, 0.6) is 0 Å². The van der Waals surface area contributed by atoms with Crippen molar-refractivity contribution in [3.63, 3.8) is 0 Å². The van der Waals surface area contributed by atoms with Crippen molar-refractivity contribution < 1.29 is 5.11 Å². The highest BCUT2D eigenvalue weighted by atomic mass is 16.3. The molecular weight excluding hydrogens is 260 g/mol. The second-order valence-electron chi connectivity index (χ2n) is 6.00. The number of nitrogens with zero attached hydrogens (tertiary/aromatic N) is 2. The minimum atomic E-state index is -0.465. The van der Waals surface area contributed by atoms with E-state index in [1.54, 1.807) is 0 Å². The fourth-order valence-corrected chi connectivity index (χ4v) is 3.35. The number of aliphatic hydroxyl groups is 1. The van der Waals surface area contributed by atoms with Crippen LogP contribution in [0.2, 0.25) is 0 Å². The Morgan fingerprint density at radius 3 is 2.76 bits per heavy atom. The Morgan fingerprint density at radius 1 is 1.24 bits per heavy atom. The Bertz CT molecular complexity index is 584. The van der Waals surface area contributed by atoms with Gasteiger partial charge in [0.05, 0.1) is 17.8 Å². The number of aliphatic hydroxyl groups excluding tert-OH is 1. The van der Waals surface area contributed by atoms with Crippen molar-refractivity contribution in [2.75, 3.05) is 0 Å². The second-order valence-corrected chi connectivity index (χ2v) is 6.00. The number of hydrogen-bond donors (Lipinski definition) is 1. The lowest BCUT2D eigenvalue weighted by atomic mass is 9.98. The van der Waals surface area contributed by atoms with Gasteiger partial charge in [-0.15, -0.1) is 0 Å². The van der Waals surface area contributed by atoms with E-state index < -0.39 is 6.10 Å². The van der Waals surface area contributed by atoms with Crippen LogP contribution in [-0.4, -0.2) is 14.9 Å². The molecule has 1 N–H and O–H groups in total. The molecule has 1 aromatic carbocycles. The van der Waals surface area contributed by atoms with Gasteiger partial charge in [-0.3, -0.25) is 4.68 Å². The summed E-state index contributed by atoms with van der Waals surface area (Å²) < 4.78 is 2.10. The quantitative estimate of drug-likeness (QED) is 0.906. The van der Waals surface area contributed by atoms with Crippen LogP contribution in [0, 0.1) is 0 Å². The van der Waals surface area contributed by atoms with E-state index in [0.29, 0.717) is 12.5 Å². The van der Waals surface area contributed by atoms with E-state index in [0.717, 1.165) is 17.7 Å². The van der Waals surface area contributed by atoms with E-state index >= 15 is 0 Å². The largest absolute Gasteiger partial charge is 0.388 e. The Kier molecular flexibility index (Phi) is 4.39. The number of hydrogen-bond acceptors (Lipinski definition) is 2. The summed E-state index contributed by atoms with van der Waals surface area (Å²) in [5, 5.41) is 15.2. The van der Waals surface area contributed by atoms with Crippen LogP contribution >= 0.6 is 0 Å². The van der Waals surface area contributed by atoms with Gasteiger partial charge in [0.2, 0.25) is 0 Å². The molecule has 1 unspecified atom stereocenters. The summed E-state index contributed by atoms with van der Waals surface area (Å²) in [6.45, 7) is 2.13. The molecule has 0 saturated heterocycles. The zero-order valence-electron chi connectivity index (χ0n) is 12.7. The van der Waals surface area contributed by atoms with E-state index in [4.69, 9.17) is 0 Å². The van der Waals surface area contributed by atoms with Crippen LogP contribution in [-0.2, 0) is 12.8 Å². The van der Waals surface area contributed by atoms with Gasteiger partial charge in [-0.05, 0) is 36.5 Å². The van der Waals surface area contributed by atoms with Gasteiger partial charge in [-0.2, -0.15) is 5.10 Å². The molecule has 21 heavy (non-hydrogen) atoms. The van der Waals surface area contributed by atoms with Crippen molar-refractivity contribution in [1.82, 2.24) is 9.78 Å². The molecule has 0 radical (unpaired) electrons. The van der Waals surface area contributed by atoms with Gasteiger partial charge in [0.1, 0.15) is 0 Å². The Labute approximate surface area is 126 Å². The van der Waals surface area contributed by atoms with E-state index in [1.807, 2.05) is 18.2 Å². The van der Waals surface area contributed by atoms with Gasteiger partial charge in [0.25, 0.3) is 0 Å². The number of aromatic nitrogens is 2. The van der Waals surface area contributed by atoms with Crippen LogP contribution in [0.25, 0.3) is 0 Å². The average molecular weight is 284 g/mol. The number of rotatable bonds is 5. The van der Waals surface area contributed by atoms with Crippen molar-refractivity contribution in [1.29, 1.82) is 0 Å². The first-order valence-corrected chi connectivity index (χ1v) is 8.08. The smallest absolute Gasteiger partial charge is 0.0848 e. The Balaban J connectivity index is 1.71. The molecule has 3 rings (SSSR count). The van der Waals surface area contributed by atoms with E-state index in [2.05, 4.69) is 35.0 Å². The maximum absolute atomic E-state index is 10.5. The van der Waals surface area contributed by atoms with Crippen molar-refractivity contribution >= 4 is 0 Å². The van der Waals surface area contributed by atoms with Crippen molar-refractivity contribution in [2.45, 2.75) is 57.6 Å². The first kappa shape index (κ1) is 14.3. The van der Waals surface area contributed by atoms with Gasteiger partial charge in [-0.1, -0.05) is 44.0 Å². The third kappa shape index (κ3) is 3.18. The lowest BCUT2D eigenvalue weighted by Crippen LogP contribution is -2.08. The number of aryl methyl sites for hydroxylation is 1. The maximum atomic E-state index is 10.5. The van der Waals surface area contributed by atoms with Crippen molar-refractivity contribution in [2.24, 2.45) is 0 Å². The van der Waals surface area contributed by atoms with Crippen molar-refractivity contribution in [3.8, 4) is 0 Å². The van der Waals surface area contributed by atoms with Crippen LogP contribution in [0.4, 0.5) is 0 Å². The van der Waals surface area contributed by atoms with Gasteiger partial charge in [0.15, 0.2) is 0 Å². The van der Waals surface area contributed by atoms with Crippen LogP contribution in [0.3, 0.4) is 0 Å². The summed E-state index contributed by atoms with van der Waals surface area (Å²) in [4.78, 5) is 0. The lowest BCUT2D eigenvalue weighted by Gasteiger charge is -2.14. The van der Waals surface area contributed by atoms with Crippen LogP contribution < -0.4 is 0 Å².